The summed E-state index contributed by atoms with van der Waals surface area (Å²) >= 11 is 1.02. The van der Waals surface area contributed by atoms with Gasteiger partial charge in [-0.3, -0.25) is 9.59 Å². The predicted molar refractivity (Wildman–Crippen MR) is 124 cm³/mol. The molecule has 0 saturated heterocycles. The number of amides is 1. The van der Waals surface area contributed by atoms with E-state index in [0.717, 1.165) is 17.3 Å². The molecule has 2 aromatic rings. The van der Waals surface area contributed by atoms with Gasteiger partial charge in [-0.05, 0) is 36.6 Å². The number of carbonyl (C=O) groups is 2. The maximum absolute atomic E-state index is 12.9. The number of allylic oxidation sites excluding steroid dienone is 1. The SMILES string of the molecule is CC(=C(CCO)SC(=O)c1ccc(C(C)(C)C)cc1)N(C=O)Cc1cnc(C)nc1N. The summed E-state index contributed by atoms with van der Waals surface area (Å²) in [6.45, 7) is 9.85. The first-order valence-corrected chi connectivity index (χ1v) is 10.8. The number of aliphatic hydroxyl groups excluding tert-OH is 1. The minimum atomic E-state index is -0.146. The van der Waals surface area contributed by atoms with Crippen molar-refractivity contribution < 1.29 is 14.7 Å². The average molecular weight is 443 g/mol. The molecular weight excluding hydrogens is 412 g/mol. The van der Waals surface area contributed by atoms with Crippen LogP contribution in [-0.2, 0) is 16.8 Å². The number of anilines is 1. The van der Waals surface area contributed by atoms with Gasteiger partial charge < -0.3 is 15.7 Å². The van der Waals surface area contributed by atoms with E-state index in [4.69, 9.17) is 5.73 Å². The third kappa shape index (κ3) is 6.63. The molecule has 0 spiro atoms. The Balaban J connectivity index is 2.26. The van der Waals surface area contributed by atoms with E-state index in [9.17, 15) is 14.7 Å². The fourth-order valence-corrected chi connectivity index (χ4v) is 3.83. The third-order valence-electron chi connectivity index (χ3n) is 4.86. The number of nitrogen functional groups attached to an aromatic ring is 1. The summed E-state index contributed by atoms with van der Waals surface area (Å²) in [4.78, 5) is 34.9. The lowest BCUT2D eigenvalue weighted by Gasteiger charge is -2.22. The van der Waals surface area contributed by atoms with E-state index >= 15 is 0 Å². The van der Waals surface area contributed by atoms with Crippen molar-refractivity contribution in [2.45, 2.75) is 53.0 Å². The zero-order chi connectivity index (χ0) is 23.2. The van der Waals surface area contributed by atoms with Gasteiger partial charge in [0.1, 0.15) is 11.6 Å². The third-order valence-corrected chi connectivity index (χ3v) is 6.03. The van der Waals surface area contributed by atoms with Gasteiger partial charge in [0, 0.05) is 41.0 Å². The van der Waals surface area contributed by atoms with E-state index in [-0.39, 0.29) is 30.1 Å². The second-order valence-corrected chi connectivity index (χ2v) is 9.33. The van der Waals surface area contributed by atoms with Crippen LogP contribution in [0.15, 0.2) is 41.1 Å². The van der Waals surface area contributed by atoms with Crippen molar-refractivity contribution >= 4 is 29.1 Å². The molecule has 166 valence electrons. The lowest BCUT2D eigenvalue weighted by atomic mass is 9.87. The Morgan fingerprint density at radius 1 is 1.26 bits per heavy atom. The predicted octanol–water partition coefficient (Wildman–Crippen LogP) is 3.81. The summed E-state index contributed by atoms with van der Waals surface area (Å²) in [5, 5.41) is 9.36. The van der Waals surface area contributed by atoms with Gasteiger partial charge in [0.05, 0.1) is 6.54 Å². The zero-order valence-electron chi connectivity index (χ0n) is 18.7. The lowest BCUT2D eigenvalue weighted by Crippen LogP contribution is -2.22. The first kappa shape index (κ1) is 24.6. The molecule has 0 fully saturated rings. The smallest absolute Gasteiger partial charge is 0.223 e. The van der Waals surface area contributed by atoms with Crippen molar-refractivity contribution in [3.63, 3.8) is 0 Å². The molecule has 31 heavy (non-hydrogen) atoms. The Kier molecular flexibility index (Phi) is 8.36. The number of rotatable bonds is 8. The number of carbonyl (C=O) groups excluding carboxylic acids is 2. The summed E-state index contributed by atoms with van der Waals surface area (Å²) < 4.78 is 0. The van der Waals surface area contributed by atoms with Crippen LogP contribution in [0, 0.1) is 6.92 Å². The molecule has 0 aliphatic rings. The minimum Gasteiger partial charge on any atom is -0.396 e. The van der Waals surface area contributed by atoms with Gasteiger partial charge in [-0.25, -0.2) is 9.97 Å². The highest BCUT2D eigenvalue weighted by atomic mass is 32.2. The van der Waals surface area contributed by atoms with Crippen LogP contribution in [0.4, 0.5) is 5.82 Å². The van der Waals surface area contributed by atoms with Crippen LogP contribution >= 0.6 is 11.8 Å². The van der Waals surface area contributed by atoms with Gasteiger partial charge in [0.15, 0.2) is 0 Å². The molecule has 0 unspecified atom stereocenters. The van der Waals surface area contributed by atoms with Gasteiger partial charge in [0.25, 0.3) is 0 Å². The molecule has 7 nitrogen and oxygen atoms in total. The van der Waals surface area contributed by atoms with E-state index in [1.165, 1.54) is 4.90 Å². The van der Waals surface area contributed by atoms with Crippen LogP contribution in [-0.4, -0.2) is 38.1 Å². The molecule has 0 aliphatic heterocycles. The number of nitrogens with two attached hydrogens (primary N) is 1. The standard InChI is InChI=1S/C23H30N4O3S/c1-15(27(14-29)13-18-12-25-16(2)26-21(18)24)20(10-11-28)31-22(30)17-6-8-19(9-7-17)23(3,4)5/h6-9,12,14,28H,10-11,13H2,1-5H3,(H2,24,25,26). The molecule has 0 atom stereocenters. The summed E-state index contributed by atoms with van der Waals surface area (Å²) in [6.07, 6.45) is 2.52. The van der Waals surface area contributed by atoms with E-state index in [1.54, 1.807) is 20.0 Å². The molecular formula is C23H30N4O3S. The van der Waals surface area contributed by atoms with Crippen molar-refractivity contribution in [3.8, 4) is 0 Å². The molecule has 3 N–H and O–H groups in total. The maximum Gasteiger partial charge on any atom is 0.223 e. The Labute approximate surface area is 187 Å². The Morgan fingerprint density at radius 3 is 2.42 bits per heavy atom. The number of benzene rings is 1. The van der Waals surface area contributed by atoms with Gasteiger partial charge in [-0.15, -0.1) is 0 Å². The second kappa shape index (κ2) is 10.5. The Bertz CT molecular complexity index is 966. The number of thioether (sulfide) groups is 1. The number of aryl methyl sites for hydroxylation is 1. The highest BCUT2D eigenvalue weighted by Crippen LogP contribution is 2.30. The fraction of sp³-hybridized carbons (Fsp3) is 0.391. The van der Waals surface area contributed by atoms with Gasteiger partial charge in [-0.2, -0.15) is 0 Å². The van der Waals surface area contributed by atoms with Gasteiger partial charge >= 0.3 is 0 Å². The highest BCUT2D eigenvalue weighted by Gasteiger charge is 2.19. The Hall–Kier alpha value is -2.71. The van der Waals surface area contributed by atoms with Crippen LogP contribution < -0.4 is 5.73 Å². The lowest BCUT2D eigenvalue weighted by molar-refractivity contribution is -0.116. The number of aliphatic hydroxyl groups is 1. The van der Waals surface area contributed by atoms with Crippen molar-refractivity contribution in [1.82, 2.24) is 14.9 Å². The Morgan fingerprint density at radius 2 is 1.90 bits per heavy atom. The van der Waals surface area contributed by atoms with Crippen molar-refractivity contribution in [3.05, 3.63) is 63.6 Å². The molecule has 1 aromatic heterocycles. The van der Waals surface area contributed by atoms with Crippen LogP contribution in [0.25, 0.3) is 0 Å². The molecule has 1 heterocycles. The van der Waals surface area contributed by atoms with Gasteiger partial charge in [0.2, 0.25) is 11.5 Å². The van der Waals surface area contributed by atoms with Crippen LogP contribution in [0.5, 0.6) is 0 Å². The summed E-state index contributed by atoms with van der Waals surface area (Å²) in [5.41, 5.74) is 8.84. The van der Waals surface area contributed by atoms with Crippen LogP contribution in [0.2, 0.25) is 0 Å². The van der Waals surface area contributed by atoms with Crippen molar-refractivity contribution in [2.75, 3.05) is 12.3 Å². The molecule has 0 aliphatic carbocycles. The maximum atomic E-state index is 12.9. The van der Waals surface area contributed by atoms with Crippen LogP contribution in [0.1, 0.15) is 61.4 Å². The molecule has 1 amide bonds. The monoisotopic (exact) mass is 442 g/mol. The van der Waals surface area contributed by atoms with Crippen molar-refractivity contribution in [2.24, 2.45) is 0 Å². The van der Waals surface area contributed by atoms with E-state index in [0.29, 0.717) is 39.8 Å². The first-order chi connectivity index (χ1) is 14.6. The highest BCUT2D eigenvalue weighted by molar-refractivity contribution is 8.17. The largest absolute Gasteiger partial charge is 0.396 e. The molecule has 2 rings (SSSR count). The summed E-state index contributed by atoms with van der Waals surface area (Å²) in [6, 6.07) is 7.52. The van der Waals surface area contributed by atoms with E-state index in [2.05, 4.69) is 30.7 Å². The normalized spacial score (nSPS) is 12.3. The topological polar surface area (TPSA) is 109 Å². The van der Waals surface area contributed by atoms with Gasteiger partial charge in [-0.1, -0.05) is 45.0 Å². The van der Waals surface area contributed by atoms with Crippen LogP contribution in [0.3, 0.4) is 0 Å². The molecule has 0 bridgehead atoms. The molecule has 0 saturated carbocycles. The zero-order valence-corrected chi connectivity index (χ0v) is 19.5. The second-order valence-electron chi connectivity index (χ2n) is 8.26. The summed E-state index contributed by atoms with van der Waals surface area (Å²) in [5.74, 6) is 0.851. The average Bonchev–Trinajstić information content (AvgIpc) is 2.72. The first-order valence-electron chi connectivity index (χ1n) is 10.00. The van der Waals surface area contributed by atoms with Crippen molar-refractivity contribution in [1.29, 1.82) is 0 Å². The van der Waals surface area contributed by atoms with E-state index in [1.807, 2.05) is 24.3 Å². The quantitative estimate of drug-likeness (QED) is 0.598. The molecule has 0 radical (unpaired) electrons. The molecule has 1 aromatic carbocycles. The fourth-order valence-electron chi connectivity index (χ4n) is 2.90. The number of hydrogen-bond acceptors (Lipinski definition) is 7. The number of hydrogen-bond donors (Lipinski definition) is 2. The molecule has 8 heteroatoms. The minimum absolute atomic E-state index is 0.000734. The van der Waals surface area contributed by atoms with E-state index < -0.39 is 0 Å². The number of nitrogens with zero attached hydrogens (tertiary/aromatic N) is 3. The summed E-state index contributed by atoms with van der Waals surface area (Å²) in [7, 11) is 0. The number of aromatic nitrogens is 2.